The van der Waals surface area contributed by atoms with Crippen molar-refractivity contribution in [2.45, 2.75) is 64.7 Å². The van der Waals surface area contributed by atoms with Crippen molar-refractivity contribution < 1.29 is 34.0 Å². The van der Waals surface area contributed by atoms with Crippen LogP contribution in [0.15, 0.2) is 18.2 Å². The third kappa shape index (κ3) is 8.17. The molecule has 0 aliphatic carbocycles. The highest BCUT2D eigenvalue weighted by Crippen LogP contribution is 2.25. The highest BCUT2D eigenvalue weighted by atomic mass is 16.7. The van der Waals surface area contributed by atoms with Gasteiger partial charge in [-0.1, -0.05) is 25.8 Å². The van der Waals surface area contributed by atoms with Gasteiger partial charge in [-0.15, -0.1) is 0 Å². The van der Waals surface area contributed by atoms with Crippen molar-refractivity contribution in [3.63, 3.8) is 0 Å². The molecule has 27 heavy (non-hydrogen) atoms. The minimum Gasteiger partial charge on any atom is -0.504 e. The van der Waals surface area contributed by atoms with Gasteiger partial charge in [0.05, 0.1) is 6.61 Å². The first-order chi connectivity index (χ1) is 12.7. The van der Waals surface area contributed by atoms with Crippen molar-refractivity contribution in [2.75, 3.05) is 6.61 Å². The topological polar surface area (TPSA) is 128 Å². The van der Waals surface area contributed by atoms with Crippen LogP contribution in [0.4, 0.5) is 4.79 Å². The molecule has 0 saturated carbocycles. The molecule has 0 spiro atoms. The van der Waals surface area contributed by atoms with Crippen LogP contribution in [0.3, 0.4) is 0 Å². The number of benzene rings is 1. The van der Waals surface area contributed by atoms with Crippen LogP contribution in [0.25, 0.3) is 0 Å². The number of unbranched alkanes of at least 4 members (excludes halogenated alkanes) is 2. The second kappa shape index (κ2) is 11.3. The van der Waals surface area contributed by atoms with Gasteiger partial charge in [0.1, 0.15) is 18.2 Å². The minimum absolute atomic E-state index is 0.119. The van der Waals surface area contributed by atoms with E-state index in [0.717, 1.165) is 19.3 Å². The molecule has 152 valence electrons. The van der Waals surface area contributed by atoms with Crippen LogP contribution < -0.4 is 5.73 Å². The molecular formula is C19H29NO7. The number of ether oxygens (including phenoxy) is 3. The molecule has 0 aliphatic rings. The molecule has 0 bridgehead atoms. The maximum atomic E-state index is 12.1. The van der Waals surface area contributed by atoms with E-state index in [1.54, 1.807) is 19.9 Å². The fourth-order valence-corrected chi connectivity index (χ4v) is 2.19. The average Bonchev–Trinajstić information content (AvgIpc) is 2.61. The summed E-state index contributed by atoms with van der Waals surface area (Å²) in [6, 6.07) is 3.22. The molecule has 4 N–H and O–H groups in total. The summed E-state index contributed by atoms with van der Waals surface area (Å²) >= 11 is 0. The summed E-state index contributed by atoms with van der Waals surface area (Å²) in [5.74, 6) is -1.21. The van der Waals surface area contributed by atoms with Crippen molar-refractivity contribution in [1.82, 2.24) is 0 Å². The van der Waals surface area contributed by atoms with Crippen LogP contribution in [-0.4, -0.2) is 47.2 Å². The summed E-state index contributed by atoms with van der Waals surface area (Å²) in [6.45, 7) is 5.52. The number of rotatable bonds is 10. The normalized spacial score (nSPS) is 14.1. The molecule has 1 aromatic rings. The van der Waals surface area contributed by atoms with Crippen molar-refractivity contribution in [3.8, 4) is 11.5 Å². The number of esters is 1. The lowest BCUT2D eigenvalue weighted by Gasteiger charge is -2.22. The van der Waals surface area contributed by atoms with Gasteiger partial charge in [-0.2, -0.15) is 0 Å². The first-order valence-corrected chi connectivity index (χ1v) is 9.04. The molecule has 1 rings (SSSR count). The predicted octanol–water partition coefficient (Wildman–Crippen LogP) is 2.63. The van der Waals surface area contributed by atoms with Crippen LogP contribution in [0.5, 0.6) is 11.5 Å². The lowest BCUT2D eigenvalue weighted by atomic mass is 10.1. The zero-order valence-electron chi connectivity index (χ0n) is 16.0. The molecule has 0 radical (unpaired) electrons. The lowest BCUT2D eigenvalue weighted by Crippen LogP contribution is -2.39. The molecule has 0 amide bonds. The molecule has 0 saturated heterocycles. The number of phenols is 2. The Morgan fingerprint density at radius 1 is 1.07 bits per heavy atom. The van der Waals surface area contributed by atoms with Crippen molar-refractivity contribution in [3.05, 3.63) is 23.8 Å². The number of carbonyl (C=O) groups is 2. The molecule has 0 fully saturated rings. The van der Waals surface area contributed by atoms with E-state index in [9.17, 15) is 19.8 Å². The summed E-state index contributed by atoms with van der Waals surface area (Å²) in [4.78, 5) is 23.7. The number of phenolic OH excluding ortho intramolecular Hbond substituents is 2. The molecule has 0 unspecified atom stereocenters. The van der Waals surface area contributed by atoms with Crippen molar-refractivity contribution in [2.24, 2.45) is 5.73 Å². The largest absolute Gasteiger partial charge is 0.508 e. The average molecular weight is 383 g/mol. The van der Waals surface area contributed by atoms with Crippen LogP contribution in [-0.2, 0) is 25.4 Å². The van der Waals surface area contributed by atoms with Crippen LogP contribution in [0, 0.1) is 0 Å². The number of hydrogen-bond acceptors (Lipinski definition) is 8. The predicted molar refractivity (Wildman–Crippen MR) is 98.4 cm³/mol. The van der Waals surface area contributed by atoms with E-state index in [4.69, 9.17) is 19.9 Å². The Morgan fingerprint density at radius 2 is 1.74 bits per heavy atom. The van der Waals surface area contributed by atoms with E-state index in [0.29, 0.717) is 5.56 Å². The second-order valence-corrected chi connectivity index (χ2v) is 6.40. The summed E-state index contributed by atoms with van der Waals surface area (Å²) in [5.41, 5.74) is 6.40. The standard InChI is InChI=1S/C19H29NO7/c1-4-5-6-9-25-19(24)27-13(3)12(2)26-18(23)15(20)10-14-7-8-16(21)17(22)11-14/h7-8,11-13,15,21-22H,4-6,9-10,20H2,1-3H3/t12-,13+,15+/m1/s1. The molecule has 0 aliphatic heterocycles. The van der Waals surface area contributed by atoms with Gasteiger partial charge in [0, 0.05) is 0 Å². The lowest BCUT2D eigenvalue weighted by molar-refractivity contribution is -0.155. The highest BCUT2D eigenvalue weighted by molar-refractivity contribution is 5.76. The van der Waals surface area contributed by atoms with Crippen LogP contribution in [0.1, 0.15) is 45.6 Å². The van der Waals surface area contributed by atoms with Gasteiger partial charge in [-0.05, 0) is 44.4 Å². The Bertz CT molecular complexity index is 620. The zero-order chi connectivity index (χ0) is 20.4. The summed E-state index contributed by atoms with van der Waals surface area (Å²) in [6.07, 6.45) is 0.669. The summed E-state index contributed by atoms with van der Waals surface area (Å²) in [5, 5.41) is 18.8. The molecule has 8 nitrogen and oxygen atoms in total. The van der Waals surface area contributed by atoms with Gasteiger partial charge in [0.25, 0.3) is 0 Å². The van der Waals surface area contributed by atoms with E-state index in [1.165, 1.54) is 12.1 Å². The Morgan fingerprint density at radius 3 is 2.37 bits per heavy atom. The van der Waals surface area contributed by atoms with E-state index in [2.05, 4.69) is 0 Å². The van der Waals surface area contributed by atoms with Gasteiger partial charge in [0.2, 0.25) is 0 Å². The molecule has 1 aromatic carbocycles. The number of carbonyl (C=O) groups excluding carboxylic acids is 2. The van der Waals surface area contributed by atoms with Gasteiger partial charge >= 0.3 is 12.1 Å². The Kier molecular flexibility index (Phi) is 9.42. The number of hydrogen-bond donors (Lipinski definition) is 3. The maximum absolute atomic E-state index is 12.1. The van der Waals surface area contributed by atoms with Gasteiger partial charge in [-0.3, -0.25) is 4.79 Å². The number of aromatic hydroxyl groups is 2. The summed E-state index contributed by atoms with van der Waals surface area (Å²) in [7, 11) is 0. The third-order valence-electron chi connectivity index (χ3n) is 4.01. The number of nitrogens with two attached hydrogens (primary N) is 1. The minimum atomic E-state index is -0.968. The van der Waals surface area contributed by atoms with Crippen molar-refractivity contribution in [1.29, 1.82) is 0 Å². The van der Waals surface area contributed by atoms with Gasteiger partial charge in [-0.25, -0.2) is 4.79 Å². The Balaban J connectivity index is 2.42. The maximum Gasteiger partial charge on any atom is 0.508 e. The molecule has 3 atom stereocenters. The van der Waals surface area contributed by atoms with Crippen LogP contribution >= 0.6 is 0 Å². The van der Waals surface area contributed by atoms with E-state index in [-0.39, 0.29) is 24.5 Å². The molecular weight excluding hydrogens is 354 g/mol. The quantitative estimate of drug-likeness (QED) is 0.319. The van der Waals surface area contributed by atoms with E-state index < -0.39 is 30.4 Å². The smallest absolute Gasteiger partial charge is 0.504 e. The van der Waals surface area contributed by atoms with E-state index >= 15 is 0 Å². The first kappa shape index (κ1) is 22.6. The SMILES string of the molecule is CCCCCOC(=O)O[C@@H](C)[C@@H](C)OC(=O)[C@@H](N)Cc1ccc(O)c(O)c1. The molecule has 0 aromatic heterocycles. The fourth-order valence-electron chi connectivity index (χ4n) is 2.19. The highest BCUT2D eigenvalue weighted by Gasteiger charge is 2.24. The van der Waals surface area contributed by atoms with Crippen LogP contribution in [0.2, 0.25) is 0 Å². The second-order valence-electron chi connectivity index (χ2n) is 6.40. The molecule has 0 heterocycles. The Labute approximate surface area is 159 Å². The fraction of sp³-hybridized carbons (Fsp3) is 0.579. The van der Waals surface area contributed by atoms with Gasteiger partial charge in [0.15, 0.2) is 11.5 Å². The van der Waals surface area contributed by atoms with Gasteiger partial charge < -0.3 is 30.2 Å². The Hall–Kier alpha value is -2.48. The zero-order valence-corrected chi connectivity index (χ0v) is 16.0. The summed E-state index contributed by atoms with van der Waals surface area (Å²) < 4.78 is 15.3. The van der Waals surface area contributed by atoms with E-state index in [1.807, 2.05) is 6.92 Å². The van der Waals surface area contributed by atoms with Crippen molar-refractivity contribution >= 4 is 12.1 Å². The third-order valence-corrected chi connectivity index (χ3v) is 4.01. The molecule has 8 heteroatoms. The first-order valence-electron chi connectivity index (χ1n) is 9.04. The monoisotopic (exact) mass is 383 g/mol.